The highest BCUT2D eigenvalue weighted by molar-refractivity contribution is 5.87. The molecule has 0 fully saturated rings. The molecule has 0 saturated carbocycles. The highest BCUT2D eigenvalue weighted by atomic mass is 16.4. The normalized spacial score (nSPS) is 11.3. The molecule has 2 aromatic heterocycles. The molecule has 3 aromatic rings. The molecule has 3 rings (SSSR count). The number of fused-ring (bicyclic) bond motifs is 1. The van der Waals surface area contributed by atoms with Gasteiger partial charge >= 0.3 is 5.97 Å². The molecule has 25 heavy (non-hydrogen) atoms. The molecule has 3 N–H and O–H groups in total. The summed E-state index contributed by atoms with van der Waals surface area (Å²) in [4.78, 5) is 28.2. The van der Waals surface area contributed by atoms with E-state index in [2.05, 4.69) is 30.6 Å². The van der Waals surface area contributed by atoms with Crippen molar-refractivity contribution in [1.82, 2.24) is 19.9 Å². The smallest absolute Gasteiger partial charge is 0.328 e. The fourth-order valence-corrected chi connectivity index (χ4v) is 2.20. The van der Waals surface area contributed by atoms with Gasteiger partial charge in [0.15, 0.2) is 5.82 Å². The maximum Gasteiger partial charge on any atom is 0.328 e. The molecule has 0 atom stereocenters. The first kappa shape index (κ1) is 16.6. The minimum absolute atomic E-state index is 0.196. The molecule has 0 unspecified atom stereocenters. The van der Waals surface area contributed by atoms with Gasteiger partial charge in [-0.15, -0.1) is 0 Å². The number of benzene rings is 1. The lowest BCUT2D eigenvalue weighted by atomic mass is 10.1. The van der Waals surface area contributed by atoms with Crippen molar-refractivity contribution >= 4 is 34.5 Å². The summed E-state index contributed by atoms with van der Waals surface area (Å²) in [7, 11) is 0. The van der Waals surface area contributed by atoms with Crippen molar-refractivity contribution < 1.29 is 9.90 Å². The van der Waals surface area contributed by atoms with Crippen LogP contribution in [0, 0.1) is 6.92 Å². The van der Waals surface area contributed by atoms with E-state index in [1.54, 1.807) is 0 Å². The predicted octanol–water partition coefficient (Wildman–Crippen LogP) is 2.75. The second kappa shape index (κ2) is 6.31. The summed E-state index contributed by atoms with van der Waals surface area (Å²) in [5.41, 5.74) is 1.85. The van der Waals surface area contributed by atoms with E-state index >= 15 is 0 Å². The van der Waals surface area contributed by atoms with Gasteiger partial charge in [0.25, 0.3) is 0 Å². The number of aromatic nitrogens is 4. The molecule has 0 bridgehead atoms. The number of nitrogens with zero attached hydrogens (tertiary/aromatic N) is 4. The summed E-state index contributed by atoms with van der Waals surface area (Å²) in [5.74, 6) is -0.283. The van der Waals surface area contributed by atoms with Gasteiger partial charge in [-0.25, -0.2) is 24.7 Å². The fourth-order valence-electron chi connectivity index (χ4n) is 2.20. The lowest BCUT2D eigenvalue weighted by Gasteiger charge is -2.20. The topological polar surface area (TPSA) is 113 Å². The van der Waals surface area contributed by atoms with Gasteiger partial charge in [-0.1, -0.05) is 12.1 Å². The van der Waals surface area contributed by atoms with Crippen LogP contribution in [0.2, 0.25) is 0 Å². The Morgan fingerprint density at radius 3 is 2.72 bits per heavy atom. The molecule has 8 nitrogen and oxygen atoms in total. The van der Waals surface area contributed by atoms with E-state index in [4.69, 9.17) is 0 Å². The van der Waals surface area contributed by atoms with Crippen LogP contribution in [-0.2, 0) is 4.79 Å². The number of carboxylic acids is 1. The average Bonchev–Trinajstić information content (AvgIpc) is 2.55. The minimum atomic E-state index is -1.20. The van der Waals surface area contributed by atoms with Crippen LogP contribution < -0.4 is 10.6 Å². The zero-order valence-corrected chi connectivity index (χ0v) is 14.1. The Morgan fingerprint density at radius 2 is 2.00 bits per heavy atom. The molecule has 0 aliphatic carbocycles. The number of carboxylic acid groups (broad SMARTS) is 1. The summed E-state index contributed by atoms with van der Waals surface area (Å²) in [6.07, 6.45) is 2.96. The van der Waals surface area contributed by atoms with Gasteiger partial charge in [-0.3, -0.25) is 0 Å². The summed E-state index contributed by atoms with van der Waals surface area (Å²) in [6, 6.07) is 7.86. The van der Waals surface area contributed by atoms with E-state index in [9.17, 15) is 9.90 Å². The van der Waals surface area contributed by atoms with Crippen molar-refractivity contribution in [2.75, 3.05) is 10.6 Å². The lowest BCUT2D eigenvalue weighted by Crippen LogP contribution is -2.40. The molecule has 128 valence electrons. The van der Waals surface area contributed by atoms with Crippen LogP contribution >= 0.6 is 0 Å². The zero-order valence-electron chi connectivity index (χ0n) is 14.1. The third-order valence-electron chi connectivity index (χ3n) is 3.62. The lowest BCUT2D eigenvalue weighted by molar-refractivity contribution is -0.141. The Balaban J connectivity index is 1.99. The van der Waals surface area contributed by atoms with E-state index in [0.29, 0.717) is 16.9 Å². The molecular weight excluding hydrogens is 320 g/mol. The molecule has 1 aromatic carbocycles. The van der Waals surface area contributed by atoms with Crippen LogP contribution in [0.4, 0.5) is 17.5 Å². The maximum absolute atomic E-state index is 11.3. The van der Waals surface area contributed by atoms with Gasteiger partial charge in [0.1, 0.15) is 22.9 Å². The van der Waals surface area contributed by atoms with Crippen molar-refractivity contribution in [2.45, 2.75) is 26.3 Å². The molecular formula is C17H18N6O2. The van der Waals surface area contributed by atoms with E-state index < -0.39 is 11.5 Å². The van der Waals surface area contributed by atoms with Gasteiger partial charge in [-0.2, -0.15) is 0 Å². The molecule has 0 aliphatic heterocycles. The molecule has 0 radical (unpaired) electrons. The second-order valence-electron chi connectivity index (χ2n) is 6.20. The van der Waals surface area contributed by atoms with E-state index in [1.165, 1.54) is 26.4 Å². The second-order valence-corrected chi connectivity index (χ2v) is 6.20. The van der Waals surface area contributed by atoms with Gasteiger partial charge in [0.2, 0.25) is 5.95 Å². The summed E-state index contributed by atoms with van der Waals surface area (Å²) >= 11 is 0. The third-order valence-corrected chi connectivity index (χ3v) is 3.62. The SMILES string of the molecule is Cc1cccc(Nc2ncnc3cnc(NC(C)(C)C(=O)O)nc23)c1. The first-order valence-corrected chi connectivity index (χ1v) is 7.68. The van der Waals surface area contributed by atoms with Crippen molar-refractivity contribution in [2.24, 2.45) is 0 Å². The number of aryl methyl sites for hydroxylation is 1. The summed E-state index contributed by atoms with van der Waals surface area (Å²) in [6.45, 7) is 5.08. The molecule has 0 saturated heterocycles. The summed E-state index contributed by atoms with van der Waals surface area (Å²) in [5, 5.41) is 15.3. The van der Waals surface area contributed by atoms with Crippen LogP contribution in [-0.4, -0.2) is 36.6 Å². The van der Waals surface area contributed by atoms with Crippen molar-refractivity contribution in [3.05, 3.63) is 42.4 Å². The van der Waals surface area contributed by atoms with Crippen molar-refractivity contribution in [3.63, 3.8) is 0 Å². The van der Waals surface area contributed by atoms with Crippen molar-refractivity contribution in [3.8, 4) is 0 Å². The third kappa shape index (κ3) is 3.63. The van der Waals surface area contributed by atoms with Crippen LogP contribution in [0.3, 0.4) is 0 Å². The largest absolute Gasteiger partial charge is 0.480 e. The quantitative estimate of drug-likeness (QED) is 0.651. The molecule has 0 spiro atoms. The molecule has 8 heteroatoms. The number of nitrogens with one attached hydrogen (secondary N) is 2. The Labute approximate surface area is 144 Å². The number of hydrogen-bond acceptors (Lipinski definition) is 7. The monoisotopic (exact) mass is 338 g/mol. The standard InChI is InChI=1S/C17H18N6O2/c1-10-5-4-6-11(7-10)21-14-13-12(19-9-20-14)8-18-16(22-13)23-17(2,3)15(24)25/h4-9H,1-3H3,(H,24,25)(H,18,22,23)(H,19,20,21). The summed E-state index contributed by atoms with van der Waals surface area (Å²) < 4.78 is 0. The van der Waals surface area contributed by atoms with Gasteiger partial charge in [0, 0.05) is 5.69 Å². The minimum Gasteiger partial charge on any atom is -0.480 e. The molecule has 0 amide bonds. The molecule has 0 aliphatic rings. The van der Waals surface area contributed by atoms with Gasteiger partial charge < -0.3 is 15.7 Å². The van der Waals surface area contributed by atoms with Crippen LogP contribution in [0.5, 0.6) is 0 Å². The highest BCUT2D eigenvalue weighted by Crippen LogP contribution is 2.23. The average molecular weight is 338 g/mol. The van der Waals surface area contributed by atoms with Crippen molar-refractivity contribution in [1.29, 1.82) is 0 Å². The van der Waals surface area contributed by atoms with Crippen LogP contribution in [0.1, 0.15) is 19.4 Å². The van der Waals surface area contributed by atoms with E-state index in [1.807, 2.05) is 31.2 Å². The van der Waals surface area contributed by atoms with E-state index in [0.717, 1.165) is 11.3 Å². The first-order chi connectivity index (χ1) is 11.8. The first-order valence-electron chi connectivity index (χ1n) is 7.68. The Bertz CT molecular complexity index is 941. The van der Waals surface area contributed by atoms with Gasteiger partial charge in [0.05, 0.1) is 6.20 Å². The fraction of sp³-hybridized carbons (Fsp3) is 0.235. The number of rotatable bonds is 5. The Morgan fingerprint density at radius 1 is 1.20 bits per heavy atom. The number of hydrogen-bond donors (Lipinski definition) is 3. The van der Waals surface area contributed by atoms with Gasteiger partial charge in [-0.05, 0) is 38.5 Å². The predicted molar refractivity (Wildman–Crippen MR) is 94.9 cm³/mol. The Kier molecular flexibility index (Phi) is 4.18. The Hall–Kier alpha value is -3.29. The number of anilines is 3. The molecule has 2 heterocycles. The maximum atomic E-state index is 11.3. The van der Waals surface area contributed by atoms with E-state index in [-0.39, 0.29) is 5.95 Å². The number of aliphatic carboxylic acids is 1. The number of carbonyl (C=O) groups is 1. The van der Waals surface area contributed by atoms with Crippen LogP contribution in [0.15, 0.2) is 36.8 Å². The van der Waals surface area contributed by atoms with Crippen LogP contribution in [0.25, 0.3) is 11.0 Å². The zero-order chi connectivity index (χ0) is 18.0. The highest BCUT2D eigenvalue weighted by Gasteiger charge is 2.27.